The summed E-state index contributed by atoms with van der Waals surface area (Å²) in [7, 11) is 0. The van der Waals surface area contributed by atoms with E-state index in [4.69, 9.17) is 15.1 Å². The van der Waals surface area contributed by atoms with Gasteiger partial charge in [0, 0.05) is 0 Å². The van der Waals surface area contributed by atoms with E-state index in [2.05, 4.69) is 0 Å². The molecule has 0 fully saturated rings. The summed E-state index contributed by atoms with van der Waals surface area (Å²) in [5, 5.41) is 17.2. The number of rotatable bonds is 5. The predicted octanol–water partition coefficient (Wildman–Crippen LogP) is 1.69. The average Bonchev–Trinajstić information content (AvgIpc) is 2.30. The van der Waals surface area contributed by atoms with Crippen molar-refractivity contribution in [3.63, 3.8) is 0 Å². The van der Waals surface area contributed by atoms with Gasteiger partial charge in [-0.05, 0) is 11.6 Å². The van der Waals surface area contributed by atoms with Crippen molar-refractivity contribution < 1.29 is 14.6 Å². The van der Waals surface area contributed by atoms with Crippen LogP contribution in [0.3, 0.4) is 0 Å². The second-order valence-electron chi connectivity index (χ2n) is 3.00. The molecule has 0 amide bonds. The molecule has 0 spiro atoms. The van der Waals surface area contributed by atoms with E-state index in [-0.39, 0.29) is 13.2 Å². The van der Waals surface area contributed by atoms with Crippen LogP contribution in [-0.2, 0) is 9.53 Å². The predicted molar refractivity (Wildman–Crippen MR) is 58.5 cm³/mol. The highest BCUT2D eigenvalue weighted by Gasteiger charge is 1.99. The van der Waals surface area contributed by atoms with Crippen molar-refractivity contribution in [3.8, 4) is 6.07 Å². The highest BCUT2D eigenvalue weighted by molar-refractivity contribution is 5.76. The molecule has 1 aromatic carbocycles. The zero-order chi connectivity index (χ0) is 11.8. The fourth-order valence-corrected chi connectivity index (χ4v) is 1.13. The molecule has 0 unspecified atom stereocenters. The van der Waals surface area contributed by atoms with Crippen molar-refractivity contribution in [3.05, 3.63) is 42.0 Å². The number of nitrogens with zero attached hydrogens (tertiary/aromatic N) is 1. The number of allylic oxidation sites excluding steroid dienone is 1. The molecule has 1 aromatic rings. The minimum absolute atomic E-state index is 0.115. The van der Waals surface area contributed by atoms with Gasteiger partial charge in [-0.25, -0.2) is 4.79 Å². The van der Waals surface area contributed by atoms with E-state index in [0.717, 1.165) is 5.56 Å². The summed E-state index contributed by atoms with van der Waals surface area (Å²) < 4.78 is 4.82. The van der Waals surface area contributed by atoms with Crippen molar-refractivity contribution in [2.45, 2.75) is 0 Å². The van der Waals surface area contributed by atoms with Crippen LogP contribution in [0.2, 0.25) is 0 Å². The molecule has 0 aliphatic carbocycles. The highest BCUT2D eigenvalue weighted by atomic mass is 16.5. The van der Waals surface area contributed by atoms with Gasteiger partial charge in [0.2, 0.25) is 0 Å². The minimum atomic E-state index is -1.02. The molecule has 0 aromatic heterocycles. The average molecular weight is 217 g/mol. The molecule has 4 heteroatoms. The van der Waals surface area contributed by atoms with Gasteiger partial charge in [-0.3, -0.25) is 0 Å². The van der Waals surface area contributed by atoms with E-state index < -0.39 is 5.97 Å². The Balaban J connectivity index is 2.59. The van der Waals surface area contributed by atoms with E-state index in [9.17, 15) is 4.79 Å². The van der Waals surface area contributed by atoms with Gasteiger partial charge < -0.3 is 9.84 Å². The van der Waals surface area contributed by atoms with E-state index in [1.54, 1.807) is 6.08 Å². The SMILES string of the molecule is N#C/C(=C/COCC(=O)O)c1ccccc1. The highest BCUT2D eigenvalue weighted by Crippen LogP contribution is 2.12. The molecular weight excluding hydrogens is 206 g/mol. The lowest BCUT2D eigenvalue weighted by Crippen LogP contribution is -2.06. The maximum absolute atomic E-state index is 10.2. The molecule has 0 aliphatic rings. The third-order valence-corrected chi connectivity index (χ3v) is 1.84. The van der Waals surface area contributed by atoms with E-state index in [1.165, 1.54) is 0 Å². The number of hydrogen-bond donors (Lipinski definition) is 1. The van der Waals surface area contributed by atoms with Crippen LogP contribution in [0.1, 0.15) is 5.56 Å². The summed E-state index contributed by atoms with van der Waals surface area (Å²) in [4.78, 5) is 10.2. The third-order valence-electron chi connectivity index (χ3n) is 1.84. The van der Waals surface area contributed by atoms with Crippen LogP contribution >= 0.6 is 0 Å². The largest absolute Gasteiger partial charge is 0.480 e. The van der Waals surface area contributed by atoms with Crippen LogP contribution in [0.15, 0.2) is 36.4 Å². The second kappa shape index (κ2) is 6.38. The lowest BCUT2D eigenvalue weighted by atomic mass is 10.1. The first-order chi connectivity index (χ1) is 7.74. The number of carboxylic acids is 1. The van der Waals surface area contributed by atoms with E-state index >= 15 is 0 Å². The normalized spacial score (nSPS) is 10.8. The molecule has 0 saturated carbocycles. The molecule has 0 aliphatic heterocycles. The maximum Gasteiger partial charge on any atom is 0.329 e. The Morgan fingerprint density at radius 1 is 1.44 bits per heavy atom. The Labute approximate surface area is 93.4 Å². The lowest BCUT2D eigenvalue weighted by Gasteiger charge is -1.99. The van der Waals surface area contributed by atoms with Crippen molar-refractivity contribution in [2.75, 3.05) is 13.2 Å². The topological polar surface area (TPSA) is 70.3 Å². The Morgan fingerprint density at radius 3 is 2.69 bits per heavy atom. The van der Waals surface area contributed by atoms with Gasteiger partial charge in [-0.15, -0.1) is 0 Å². The monoisotopic (exact) mass is 217 g/mol. The molecule has 16 heavy (non-hydrogen) atoms. The second-order valence-corrected chi connectivity index (χ2v) is 3.00. The smallest absolute Gasteiger partial charge is 0.329 e. The number of carboxylic acid groups (broad SMARTS) is 1. The maximum atomic E-state index is 10.2. The molecule has 1 N–H and O–H groups in total. The first-order valence-electron chi connectivity index (χ1n) is 4.69. The zero-order valence-corrected chi connectivity index (χ0v) is 8.59. The summed E-state index contributed by atoms with van der Waals surface area (Å²) in [5.41, 5.74) is 1.27. The van der Waals surface area contributed by atoms with Gasteiger partial charge in [0.25, 0.3) is 0 Å². The molecule has 82 valence electrons. The van der Waals surface area contributed by atoms with Crippen LogP contribution in [0.5, 0.6) is 0 Å². The number of aliphatic carboxylic acids is 1. The van der Waals surface area contributed by atoms with Crippen LogP contribution in [0.4, 0.5) is 0 Å². The first-order valence-corrected chi connectivity index (χ1v) is 4.69. The molecule has 0 bridgehead atoms. The van der Waals surface area contributed by atoms with Gasteiger partial charge in [-0.2, -0.15) is 5.26 Å². The number of hydrogen-bond acceptors (Lipinski definition) is 3. The van der Waals surface area contributed by atoms with Gasteiger partial charge in [0.15, 0.2) is 0 Å². The Morgan fingerprint density at radius 2 is 2.12 bits per heavy atom. The molecule has 0 heterocycles. The molecule has 0 saturated heterocycles. The Bertz CT molecular complexity index is 418. The number of benzene rings is 1. The van der Waals surface area contributed by atoms with E-state index in [0.29, 0.717) is 5.57 Å². The summed E-state index contributed by atoms with van der Waals surface area (Å²) in [6.45, 7) is -0.242. The summed E-state index contributed by atoms with van der Waals surface area (Å²) in [6.07, 6.45) is 1.57. The zero-order valence-electron chi connectivity index (χ0n) is 8.59. The first kappa shape index (κ1) is 12.0. The summed E-state index contributed by atoms with van der Waals surface area (Å²) >= 11 is 0. The molecular formula is C12H11NO3. The van der Waals surface area contributed by atoms with Gasteiger partial charge >= 0.3 is 5.97 Å². The van der Waals surface area contributed by atoms with Crippen LogP contribution < -0.4 is 0 Å². The fraction of sp³-hybridized carbons (Fsp3) is 0.167. The van der Waals surface area contributed by atoms with Gasteiger partial charge in [0.1, 0.15) is 6.61 Å². The van der Waals surface area contributed by atoms with E-state index in [1.807, 2.05) is 36.4 Å². The van der Waals surface area contributed by atoms with Crippen molar-refractivity contribution >= 4 is 11.5 Å². The van der Waals surface area contributed by atoms with Crippen molar-refractivity contribution in [1.29, 1.82) is 5.26 Å². The minimum Gasteiger partial charge on any atom is -0.480 e. The molecule has 0 atom stereocenters. The fourth-order valence-electron chi connectivity index (χ4n) is 1.13. The van der Waals surface area contributed by atoms with Crippen LogP contribution in [0, 0.1) is 11.3 Å². The molecule has 0 radical (unpaired) electrons. The Kier molecular flexibility index (Phi) is 4.77. The lowest BCUT2D eigenvalue weighted by molar-refractivity contribution is -0.141. The van der Waals surface area contributed by atoms with Gasteiger partial charge in [0.05, 0.1) is 18.2 Å². The quantitative estimate of drug-likeness (QED) is 0.602. The number of ether oxygens (including phenoxy) is 1. The third kappa shape index (κ3) is 3.95. The summed E-state index contributed by atoms with van der Waals surface area (Å²) in [5.74, 6) is -1.02. The molecule has 4 nitrogen and oxygen atoms in total. The summed E-state index contributed by atoms with van der Waals surface area (Å²) in [6, 6.07) is 11.2. The van der Waals surface area contributed by atoms with Crippen LogP contribution in [-0.4, -0.2) is 24.3 Å². The van der Waals surface area contributed by atoms with Crippen LogP contribution in [0.25, 0.3) is 5.57 Å². The standard InChI is InChI=1S/C12H11NO3/c13-8-11(6-7-16-9-12(14)15)10-4-2-1-3-5-10/h1-6H,7,9H2,(H,14,15)/b11-6-. The Hall–Kier alpha value is -2.12. The molecule has 1 rings (SSSR count). The van der Waals surface area contributed by atoms with Crippen molar-refractivity contribution in [2.24, 2.45) is 0 Å². The number of nitriles is 1. The van der Waals surface area contributed by atoms with Crippen molar-refractivity contribution in [1.82, 2.24) is 0 Å². The number of carbonyl (C=O) groups is 1. The van der Waals surface area contributed by atoms with Gasteiger partial charge in [-0.1, -0.05) is 30.3 Å².